The van der Waals surface area contributed by atoms with Gasteiger partial charge >= 0.3 is 6.09 Å². The number of amides is 2. The van der Waals surface area contributed by atoms with Crippen LogP contribution in [0.2, 0.25) is 10.0 Å². The molecule has 6 nitrogen and oxygen atoms in total. The third-order valence-electron chi connectivity index (χ3n) is 3.98. The Morgan fingerprint density at radius 1 is 1.21 bits per heavy atom. The van der Waals surface area contributed by atoms with E-state index in [1.54, 1.807) is 30.0 Å². The van der Waals surface area contributed by atoms with Crippen LogP contribution in [-0.2, 0) is 9.53 Å². The summed E-state index contributed by atoms with van der Waals surface area (Å²) in [5, 5.41) is 3.58. The van der Waals surface area contributed by atoms with E-state index in [0.29, 0.717) is 48.5 Å². The highest BCUT2D eigenvalue weighted by Crippen LogP contribution is 2.30. The van der Waals surface area contributed by atoms with Gasteiger partial charge in [-0.25, -0.2) is 4.79 Å². The van der Waals surface area contributed by atoms with Crippen molar-refractivity contribution in [2.75, 3.05) is 38.1 Å². The number of rotatable bonds is 4. The van der Waals surface area contributed by atoms with Gasteiger partial charge in [0.1, 0.15) is 0 Å². The van der Waals surface area contributed by atoms with Gasteiger partial charge in [0, 0.05) is 26.2 Å². The van der Waals surface area contributed by atoms with Crippen molar-refractivity contribution in [2.45, 2.75) is 19.9 Å². The zero-order valence-electron chi connectivity index (χ0n) is 13.7. The Kier molecular flexibility index (Phi) is 6.71. The standard InChI is InChI=1S/C16H21Cl2N3O3/c1-3-24-16(23)21-9-7-20(8-10-21)11(2)15(22)19-14-12(17)5-4-6-13(14)18/h4-6,11H,3,7-10H2,1-2H3,(H,19,22)/t11-/m0/s1. The number of piperazine rings is 1. The SMILES string of the molecule is CCOC(=O)N1CCN([C@@H](C)C(=O)Nc2c(Cl)cccc2Cl)CC1. The summed E-state index contributed by atoms with van der Waals surface area (Å²) in [5.74, 6) is -0.186. The summed E-state index contributed by atoms with van der Waals surface area (Å²) in [7, 11) is 0. The van der Waals surface area contributed by atoms with Crippen LogP contribution in [-0.4, -0.2) is 60.6 Å². The highest BCUT2D eigenvalue weighted by Gasteiger charge is 2.28. The summed E-state index contributed by atoms with van der Waals surface area (Å²) in [6.07, 6.45) is -0.308. The monoisotopic (exact) mass is 373 g/mol. The van der Waals surface area contributed by atoms with Gasteiger partial charge in [-0.1, -0.05) is 29.3 Å². The summed E-state index contributed by atoms with van der Waals surface area (Å²) < 4.78 is 4.99. The third kappa shape index (κ3) is 4.53. The Bertz CT molecular complexity index is 584. The van der Waals surface area contributed by atoms with E-state index in [0.717, 1.165) is 0 Å². The van der Waals surface area contributed by atoms with E-state index < -0.39 is 0 Å². The first-order chi connectivity index (χ1) is 11.4. The Morgan fingerprint density at radius 2 is 1.79 bits per heavy atom. The maximum absolute atomic E-state index is 12.5. The van der Waals surface area contributed by atoms with E-state index in [1.165, 1.54) is 0 Å². The Labute approximate surface area is 151 Å². The second-order valence-corrected chi connectivity index (χ2v) is 6.30. The number of hydrogen-bond acceptors (Lipinski definition) is 4. The molecule has 24 heavy (non-hydrogen) atoms. The van der Waals surface area contributed by atoms with Gasteiger partial charge in [0.2, 0.25) is 5.91 Å². The molecule has 1 heterocycles. The number of halogens is 2. The minimum Gasteiger partial charge on any atom is -0.450 e. The molecule has 2 rings (SSSR count). The fourth-order valence-corrected chi connectivity index (χ4v) is 3.01. The van der Waals surface area contributed by atoms with Crippen LogP contribution in [0.25, 0.3) is 0 Å². The van der Waals surface area contributed by atoms with Gasteiger partial charge < -0.3 is 15.0 Å². The molecule has 0 spiro atoms. The number of carbonyl (C=O) groups is 2. The first-order valence-electron chi connectivity index (χ1n) is 7.84. The highest BCUT2D eigenvalue weighted by atomic mass is 35.5. The van der Waals surface area contributed by atoms with Crippen molar-refractivity contribution in [1.82, 2.24) is 9.80 Å². The maximum atomic E-state index is 12.5. The van der Waals surface area contributed by atoms with Crippen LogP contribution in [0.3, 0.4) is 0 Å². The summed E-state index contributed by atoms with van der Waals surface area (Å²) in [6, 6.07) is 4.71. The molecule has 0 bridgehead atoms. The van der Waals surface area contributed by atoms with Crippen molar-refractivity contribution < 1.29 is 14.3 Å². The largest absolute Gasteiger partial charge is 0.450 e. The zero-order valence-corrected chi connectivity index (χ0v) is 15.2. The number of nitrogens with one attached hydrogen (secondary N) is 1. The molecule has 1 fully saturated rings. The molecule has 0 aliphatic carbocycles. The van der Waals surface area contributed by atoms with Gasteiger partial charge in [0.05, 0.1) is 28.4 Å². The average molecular weight is 374 g/mol. The van der Waals surface area contributed by atoms with Gasteiger partial charge in [-0.2, -0.15) is 0 Å². The number of anilines is 1. The van der Waals surface area contributed by atoms with Crippen molar-refractivity contribution in [3.63, 3.8) is 0 Å². The average Bonchev–Trinajstić information content (AvgIpc) is 2.58. The van der Waals surface area contributed by atoms with E-state index in [4.69, 9.17) is 27.9 Å². The van der Waals surface area contributed by atoms with Crippen molar-refractivity contribution >= 4 is 40.9 Å². The lowest BCUT2D eigenvalue weighted by atomic mass is 10.2. The number of ether oxygens (including phenoxy) is 1. The van der Waals surface area contributed by atoms with Crippen molar-refractivity contribution in [2.24, 2.45) is 0 Å². The zero-order chi connectivity index (χ0) is 17.7. The van der Waals surface area contributed by atoms with Crippen molar-refractivity contribution in [3.05, 3.63) is 28.2 Å². The molecular weight excluding hydrogens is 353 g/mol. The number of hydrogen-bond donors (Lipinski definition) is 1. The summed E-state index contributed by atoms with van der Waals surface area (Å²) >= 11 is 12.2. The Balaban J connectivity index is 1.92. The Morgan fingerprint density at radius 3 is 2.33 bits per heavy atom. The highest BCUT2D eigenvalue weighted by molar-refractivity contribution is 6.39. The molecule has 1 aromatic carbocycles. The molecule has 0 unspecified atom stereocenters. The fraction of sp³-hybridized carbons (Fsp3) is 0.500. The van der Waals surface area contributed by atoms with Crippen LogP contribution in [0.15, 0.2) is 18.2 Å². The lowest BCUT2D eigenvalue weighted by Crippen LogP contribution is -2.54. The predicted octanol–water partition coefficient (Wildman–Crippen LogP) is 3.09. The smallest absolute Gasteiger partial charge is 0.409 e. The fourth-order valence-electron chi connectivity index (χ4n) is 2.52. The van der Waals surface area contributed by atoms with Gasteiger partial charge in [-0.15, -0.1) is 0 Å². The lowest BCUT2D eigenvalue weighted by Gasteiger charge is -2.36. The molecule has 1 aromatic rings. The van der Waals surface area contributed by atoms with Gasteiger partial charge in [0.25, 0.3) is 0 Å². The van der Waals surface area contributed by atoms with E-state index in [-0.39, 0.29) is 18.0 Å². The van der Waals surface area contributed by atoms with Crippen LogP contribution in [0.1, 0.15) is 13.8 Å². The molecule has 1 aliphatic rings. The second-order valence-electron chi connectivity index (χ2n) is 5.48. The van der Waals surface area contributed by atoms with Crippen LogP contribution < -0.4 is 5.32 Å². The van der Waals surface area contributed by atoms with Crippen LogP contribution >= 0.6 is 23.2 Å². The van der Waals surface area contributed by atoms with Crippen molar-refractivity contribution in [1.29, 1.82) is 0 Å². The Hall–Kier alpha value is -1.50. The summed E-state index contributed by atoms with van der Waals surface area (Å²) in [5.41, 5.74) is 0.419. The lowest BCUT2D eigenvalue weighted by molar-refractivity contribution is -0.121. The molecular formula is C16H21Cl2N3O3. The first kappa shape index (κ1) is 18.8. The van der Waals surface area contributed by atoms with E-state index >= 15 is 0 Å². The van der Waals surface area contributed by atoms with Gasteiger partial charge in [-0.05, 0) is 26.0 Å². The molecule has 132 valence electrons. The number of benzene rings is 1. The van der Waals surface area contributed by atoms with Gasteiger partial charge in [0.15, 0.2) is 0 Å². The predicted molar refractivity (Wildman–Crippen MR) is 94.7 cm³/mol. The number of nitrogens with zero attached hydrogens (tertiary/aromatic N) is 2. The number of carbonyl (C=O) groups excluding carboxylic acids is 2. The molecule has 1 atom stereocenters. The quantitative estimate of drug-likeness (QED) is 0.880. The molecule has 1 saturated heterocycles. The summed E-state index contributed by atoms with van der Waals surface area (Å²) in [6.45, 7) is 6.22. The molecule has 1 N–H and O–H groups in total. The second kappa shape index (κ2) is 8.55. The van der Waals surface area contributed by atoms with E-state index in [1.807, 2.05) is 11.8 Å². The molecule has 0 radical (unpaired) electrons. The van der Waals surface area contributed by atoms with Crippen LogP contribution in [0.5, 0.6) is 0 Å². The molecule has 0 saturated carbocycles. The third-order valence-corrected chi connectivity index (χ3v) is 4.61. The van der Waals surface area contributed by atoms with E-state index in [9.17, 15) is 9.59 Å². The number of para-hydroxylation sites is 1. The minimum absolute atomic E-state index is 0.186. The first-order valence-corrected chi connectivity index (χ1v) is 8.60. The van der Waals surface area contributed by atoms with Crippen LogP contribution in [0, 0.1) is 0 Å². The summed E-state index contributed by atoms with van der Waals surface area (Å²) in [4.78, 5) is 27.8. The van der Waals surface area contributed by atoms with E-state index in [2.05, 4.69) is 5.32 Å². The molecule has 2 amide bonds. The molecule has 0 aromatic heterocycles. The van der Waals surface area contributed by atoms with Crippen LogP contribution in [0.4, 0.5) is 10.5 Å². The maximum Gasteiger partial charge on any atom is 0.409 e. The normalized spacial score (nSPS) is 16.6. The van der Waals surface area contributed by atoms with Crippen molar-refractivity contribution in [3.8, 4) is 0 Å². The topological polar surface area (TPSA) is 61.9 Å². The molecule has 8 heteroatoms. The molecule has 1 aliphatic heterocycles. The van der Waals surface area contributed by atoms with Gasteiger partial charge in [-0.3, -0.25) is 9.69 Å². The minimum atomic E-state index is -0.360.